The van der Waals surface area contributed by atoms with Crippen LogP contribution in [0, 0.1) is 5.92 Å². The molecule has 1 aliphatic carbocycles. The number of carbonyl (C=O) groups is 2. The Morgan fingerprint density at radius 2 is 1.86 bits per heavy atom. The van der Waals surface area contributed by atoms with Gasteiger partial charge >= 0.3 is 0 Å². The molecule has 1 aromatic heterocycles. The van der Waals surface area contributed by atoms with Crippen LogP contribution in [0.25, 0.3) is 0 Å². The lowest BCUT2D eigenvalue weighted by Crippen LogP contribution is -2.54. The van der Waals surface area contributed by atoms with Crippen LogP contribution >= 0.6 is 0 Å². The summed E-state index contributed by atoms with van der Waals surface area (Å²) < 4.78 is 5.42. The Kier molecular flexibility index (Phi) is 6.17. The highest BCUT2D eigenvalue weighted by atomic mass is 16.5. The molecule has 0 aromatic carbocycles. The van der Waals surface area contributed by atoms with E-state index in [1.54, 1.807) is 18.5 Å². The molecule has 1 unspecified atom stereocenters. The predicted octanol–water partition coefficient (Wildman–Crippen LogP) is 0.652. The molecule has 152 valence electrons. The lowest BCUT2D eigenvalue weighted by molar-refractivity contribution is -0.136. The smallest absolute Gasteiger partial charge is 0.291 e. The van der Waals surface area contributed by atoms with Crippen molar-refractivity contribution >= 4 is 11.8 Å². The van der Waals surface area contributed by atoms with Gasteiger partial charge in [0.05, 0.1) is 13.2 Å². The van der Waals surface area contributed by atoms with Crippen molar-refractivity contribution in [1.29, 1.82) is 0 Å². The SMILES string of the molecule is O=C(c1ncccn1)N1CCCC(N(CCN2CCOCC2)C(=O)C2CC2)C1. The second-order valence-corrected chi connectivity index (χ2v) is 7.88. The van der Waals surface area contributed by atoms with Crippen molar-refractivity contribution in [1.82, 2.24) is 24.7 Å². The molecule has 28 heavy (non-hydrogen) atoms. The third kappa shape index (κ3) is 4.67. The van der Waals surface area contributed by atoms with E-state index in [1.807, 2.05) is 4.90 Å². The third-order valence-electron chi connectivity index (χ3n) is 5.85. The van der Waals surface area contributed by atoms with E-state index in [4.69, 9.17) is 4.74 Å². The number of carbonyl (C=O) groups excluding carboxylic acids is 2. The lowest BCUT2D eigenvalue weighted by atomic mass is 10.0. The highest BCUT2D eigenvalue weighted by Crippen LogP contribution is 2.32. The molecule has 0 spiro atoms. The van der Waals surface area contributed by atoms with Gasteiger partial charge < -0.3 is 14.5 Å². The molecule has 3 aliphatic rings. The number of ether oxygens (including phenoxy) is 1. The van der Waals surface area contributed by atoms with Crippen molar-refractivity contribution in [2.24, 2.45) is 5.92 Å². The first kappa shape index (κ1) is 19.3. The maximum atomic E-state index is 13.0. The maximum absolute atomic E-state index is 13.0. The van der Waals surface area contributed by atoms with E-state index in [9.17, 15) is 9.59 Å². The molecule has 1 aromatic rings. The van der Waals surface area contributed by atoms with Crippen molar-refractivity contribution < 1.29 is 14.3 Å². The highest BCUT2D eigenvalue weighted by molar-refractivity contribution is 5.90. The summed E-state index contributed by atoms with van der Waals surface area (Å²) in [6.45, 7) is 6.23. The van der Waals surface area contributed by atoms with Gasteiger partial charge in [-0.25, -0.2) is 9.97 Å². The summed E-state index contributed by atoms with van der Waals surface area (Å²) in [5.41, 5.74) is 0. The second-order valence-electron chi connectivity index (χ2n) is 7.88. The van der Waals surface area contributed by atoms with Crippen LogP contribution < -0.4 is 0 Å². The first-order valence-electron chi connectivity index (χ1n) is 10.4. The summed E-state index contributed by atoms with van der Waals surface area (Å²) in [4.78, 5) is 40.2. The van der Waals surface area contributed by atoms with E-state index in [1.165, 1.54) is 0 Å². The molecule has 3 fully saturated rings. The lowest BCUT2D eigenvalue weighted by Gasteiger charge is -2.40. The Balaban J connectivity index is 1.41. The minimum Gasteiger partial charge on any atom is -0.379 e. The first-order valence-corrected chi connectivity index (χ1v) is 10.4. The molecular weight excluding hydrogens is 358 g/mol. The number of morpholine rings is 1. The van der Waals surface area contributed by atoms with Gasteiger partial charge in [-0.3, -0.25) is 14.5 Å². The van der Waals surface area contributed by atoms with E-state index < -0.39 is 0 Å². The molecule has 8 nitrogen and oxygen atoms in total. The number of likely N-dealkylation sites (tertiary alicyclic amines) is 1. The molecule has 1 atom stereocenters. The van der Waals surface area contributed by atoms with Gasteiger partial charge in [-0.05, 0) is 31.7 Å². The molecule has 0 radical (unpaired) electrons. The molecule has 2 aliphatic heterocycles. The minimum absolute atomic E-state index is 0.0792. The van der Waals surface area contributed by atoms with Gasteiger partial charge in [-0.15, -0.1) is 0 Å². The van der Waals surface area contributed by atoms with Crippen molar-refractivity contribution in [3.05, 3.63) is 24.3 Å². The molecule has 8 heteroatoms. The van der Waals surface area contributed by atoms with Gasteiger partial charge in [0.15, 0.2) is 0 Å². The van der Waals surface area contributed by atoms with Gasteiger partial charge in [-0.1, -0.05) is 0 Å². The van der Waals surface area contributed by atoms with Gasteiger partial charge in [0, 0.05) is 63.6 Å². The number of hydrogen-bond donors (Lipinski definition) is 0. The van der Waals surface area contributed by atoms with Crippen molar-refractivity contribution in [2.45, 2.75) is 31.7 Å². The van der Waals surface area contributed by atoms with Crippen LogP contribution in [-0.2, 0) is 9.53 Å². The Morgan fingerprint density at radius 3 is 2.57 bits per heavy atom. The Bertz CT molecular complexity index is 676. The van der Waals surface area contributed by atoms with Crippen LogP contribution in [0.4, 0.5) is 0 Å². The average Bonchev–Trinajstić information content (AvgIpc) is 3.60. The molecule has 1 saturated carbocycles. The molecule has 2 amide bonds. The van der Waals surface area contributed by atoms with Crippen LogP contribution in [0.2, 0.25) is 0 Å². The number of aromatic nitrogens is 2. The quantitative estimate of drug-likeness (QED) is 0.713. The van der Waals surface area contributed by atoms with Gasteiger partial charge in [0.25, 0.3) is 5.91 Å². The van der Waals surface area contributed by atoms with E-state index in [0.717, 1.165) is 65.1 Å². The number of nitrogens with zero attached hydrogens (tertiary/aromatic N) is 5. The van der Waals surface area contributed by atoms with Crippen LogP contribution in [0.3, 0.4) is 0 Å². The monoisotopic (exact) mass is 387 g/mol. The average molecular weight is 387 g/mol. The molecule has 0 N–H and O–H groups in total. The van der Waals surface area contributed by atoms with Crippen molar-refractivity contribution in [2.75, 3.05) is 52.5 Å². The Labute approximate surface area is 165 Å². The number of amides is 2. The summed E-state index contributed by atoms with van der Waals surface area (Å²) >= 11 is 0. The summed E-state index contributed by atoms with van der Waals surface area (Å²) in [6, 6.07) is 1.79. The standard InChI is InChI=1S/C20H29N5O3/c26-19(16-4-5-16)25(10-9-23-11-13-28-14-12-23)17-3-1-8-24(15-17)20(27)18-21-6-2-7-22-18/h2,6-7,16-17H,1,3-5,8-15H2. The van der Waals surface area contributed by atoms with Crippen LogP contribution in [0.1, 0.15) is 36.3 Å². The van der Waals surface area contributed by atoms with Crippen LogP contribution in [0.5, 0.6) is 0 Å². The third-order valence-corrected chi connectivity index (χ3v) is 5.85. The normalized spacial score (nSPS) is 23.4. The zero-order chi connectivity index (χ0) is 19.3. The summed E-state index contributed by atoms with van der Waals surface area (Å²) in [5, 5.41) is 0. The molecule has 0 bridgehead atoms. The molecule has 3 heterocycles. The number of hydrogen-bond acceptors (Lipinski definition) is 6. The molecular formula is C20H29N5O3. The number of piperidine rings is 1. The fraction of sp³-hybridized carbons (Fsp3) is 0.700. The van der Waals surface area contributed by atoms with E-state index in [-0.39, 0.29) is 29.6 Å². The topological polar surface area (TPSA) is 78.9 Å². The minimum atomic E-state index is -0.141. The fourth-order valence-electron chi connectivity index (χ4n) is 4.06. The van der Waals surface area contributed by atoms with Gasteiger partial charge in [0.2, 0.25) is 11.7 Å². The maximum Gasteiger partial charge on any atom is 0.291 e. The molecule has 4 rings (SSSR count). The fourth-order valence-corrected chi connectivity index (χ4v) is 4.06. The summed E-state index contributed by atoms with van der Waals surface area (Å²) in [6.07, 6.45) is 7.02. The van der Waals surface area contributed by atoms with E-state index >= 15 is 0 Å². The zero-order valence-electron chi connectivity index (χ0n) is 16.3. The van der Waals surface area contributed by atoms with Crippen LogP contribution in [-0.4, -0.2) is 95.0 Å². The van der Waals surface area contributed by atoms with Gasteiger partial charge in [-0.2, -0.15) is 0 Å². The summed E-state index contributed by atoms with van der Waals surface area (Å²) in [5.74, 6) is 0.547. The van der Waals surface area contributed by atoms with Gasteiger partial charge in [0.1, 0.15) is 0 Å². The van der Waals surface area contributed by atoms with E-state index in [2.05, 4.69) is 19.8 Å². The van der Waals surface area contributed by atoms with Crippen molar-refractivity contribution in [3.8, 4) is 0 Å². The van der Waals surface area contributed by atoms with E-state index in [0.29, 0.717) is 13.1 Å². The highest BCUT2D eigenvalue weighted by Gasteiger charge is 2.38. The molecule has 2 saturated heterocycles. The van der Waals surface area contributed by atoms with Crippen LogP contribution in [0.15, 0.2) is 18.5 Å². The Hall–Kier alpha value is -2.06. The first-order chi connectivity index (χ1) is 13.7. The largest absolute Gasteiger partial charge is 0.379 e. The number of rotatable bonds is 6. The Morgan fingerprint density at radius 1 is 1.11 bits per heavy atom. The van der Waals surface area contributed by atoms with Crippen molar-refractivity contribution in [3.63, 3.8) is 0 Å². The zero-order valence-corrected chi connectivity index (χ0v) is 16.3. The second kappa shape index (κ2) is 8.96. The summed E-state index contributed by atoms with van der Waals surface area (Å²) in [7, 11) is 0. The predicted molar refractivity (Wildman–Crippen MR) is 103 cm³/mol.